The Morgan fingerprint density at radius 3 is 2.28 bits per heavy atom. The van der Waals surface area contributed by atoms with E-state index in [1.54, 1.807) is 23.9 Å². The number of carbonyl (C=O) groups excluding carboxylic acids is 1. The quantitative estimate of drug-likeness (QED) is 0.0476. The van der Waals surface area contributed by atoms with Crippen molar-refractivity contribution in [1.29, 1.82) is 0 Å². The van der Waals surface area contributed by atoms with E-state index in [1.165, 1.54) is 29.7 Å². The molecule has 1 aliphatic carbocycles. The Hall–Kier alpha value is -4.92. The molecule has 0 radical (unpaired) electrons. The number of carbonyl (C=O) groups is 1. The largest absolute Gasteiger partial charge is 0.376 e. The standard InChI is InChI=1S/C44H47ClN6O5S2/c45-35-17-13-32(14-18-35)41-12-5-4-7-34(41)30-49-25-27-50(28-26-49)38-19-15-33(16-20-38)44(52)48-58(55,56)40-21-22-42(43(29-40)51(53)54)47-37(23-24-46-36-8-6-9-36)31-57-39-10-2-1-3-11-39/h1-5,7,10-22,29,36-37,46-47H,6,8-9,23-28,30-31H2,(H,48,52)/t37-/m1/s1. The first kappa shape index (κ1) is 41.2. The molecule has 1 aliphatic heterocycles. The van der Waals surface area contributed by atoms with Gasteiger partial charge in [0.1, 0.15) is 5.69 Å². The van der Waals surface area contributed by atoms with Crippen molar-refractivity contribution < 1.29 is 18.1 Å². The third kappa shape index (κ3) is 10.8. The van der Waals surface area contributed by atoms with E-state index < -0.39 is 20.9 Å². The van der Waals surface area contributed by atoms with Crippen molar-refractivity contribution in [2.45, 2.75) is 54.1 Å². The van der Waals surface area contributed by atoms with Gasteiger partial charge < -0.3 is 15.5 Å². The molecule has 5 aromatic carbocycles. The summed E-state index contributed by atoms with van der Waals surface area (Å²) in [6.07, 6.45) is 4.25. The lowest BCUT2D eigenvalue weighted by Gasteiger charge is -2.36. The van der Waals surface area contributed by atoms with Crippen LogP contribution in [0.25, 0.3) is 11.1 Å². The van der Waals surface area contributed by atoms with Crippen molar-refractivity contribution in [3.05, 3.63) is 148 Å². The van der Waals surface area contributed by atoms with Crippen molar-refractivity contribution in [3.8, 4) is 11.1 Å². The van der Waals surface area contributed by atoms with Gasteiger partial charge in [-0.1, -0.05) is 72.6 Å². The number of nitrogens with one attached hydrogen (secondary N) is 3. The summed E-state index contributed by atoms with van der Waals surface area (Å²) in [7, 11) is -4.43. The average molecular weight is 839 g/mol. The number of nitro benzene ring substituents is 1. The summed E-state index contributed by atoms with van der Waals surface area (Å²) in [5.41, 5.74) is 4.48. The number of rotatable bonds is 17. The van der Waals surface area contributed by atoms with Gasteiger partial charge in [-0.3, -0.25) is 19.8 Å². The summed E-state index contributed by atoms with van der Waals surface area (Å²) in [6, 6.07) is 37.1. The fraction of sp³-hybridized carbons (Fsp3) is 0.295. The van der Waals surface area contributed by atoms with E-state index in [1.807, 2.05) is 72.8 Å². The van der Waals surface area contributed by atoms with Crippen molar-refractivity contribution in [2.24, 2.45) is 0 Å². The zero-order valence-corrected chi connectivity index (χ0v) is 34.4. The van der Waals surface area contributed by atoms with Gasteiger partial charge in [0.05, 0.1) is 9.82 Å². The van der Waals surface area contributed by atoms with Crippen LogP contribution in [-0.4, -0.2) is 74.7 Å². The monoisotopic (exact) mass is 838 g/mol. The van der Waals surface area contributed by atoms with Gasteiger partial charge in [0.2, 0.25) is 0 Å². The molecule has 1 heterocycles. The van der Waals surface area contributed by atoms with E-state index in [0.717, 1.165) is 80.7 Å². The minimum Gasteiger partial charge on any atom is -0.376 e. The van der Waals surface area contributed by atoms with Gasteiger partial charge in [0.25, 0.3) is 21.6 Å². The molecule has 302 valence electrons. The van der Waals surface area contributed by atoms with Gasteiger partial charge in [0.15, 0.2) is 0 Å². The summed E-state index contributed by atoms with van der Waals surface area (Å²) in [4.78, 5) is 30.2. The van der Waals surface area contributed by atoms with E-state index in [4.69, 9.17) is 11.6 Å². The molecule has 58 heavy (non-hydrogen) atoms. The van der Waals surface area contributed by atoms with E-state index in [0.29, 0.717) is 16.8 Å². The first-order valence-corrected chi connectivity index (χ1v) is 22.4. The van der Waals surface area contributed by atoms with Crippen LogP contribution in [0, 0.1) is 10.1 Å². The summed E-state index contributed by atoms with van der Waals surface area (Å²) in [5.74, 6) is -0.169. The Labute approximate surface area is 349 Å². The van der Waals surface area contributed by atoms with Crippen LogP contribution >= 0.6 is 23.4 Å². The van der Waals surface area contributed by atoms with Crippen LogP contribution in [0.3, 0.4) is 0 Å². The highest BCUT2D eigenvalue weighted by Gasteiger charge is 2.26. The molecule has 7 rings (SSSR count). The van der Waals surface area contributed by atoms with E-state index in [9.17, 15) is 23.3 Å². The molecule has 0 aromatic heterocycles. The number of hydrogen-bond acceptors (Lipinski definition) is 10. The van der Waals surface area contributed by atoms with Gasteiger partial charge in [-0.05, 0) is 103 Å². The second-order valence-corrected chi connectivity index (χ2v) is 17.9. The number of sulfonamides is 1. The molecule has 5 aromatic rings. The fourth-order valence-electron chi connectivity index (χ4n) is 7.19. The first-order valence-electron chi connectivity index (χ1n) is 19.6. The van der Waals surface area contributed by atoms with Gasteiger partial charge in [-0.25, -0.2) is 13.1 Å². The molecule has 1 atom stereocenters. The number of nitro groups is 1. The highest BCUT2D eigenvalue weighted by atomic mass is 35.5. The maximum atomic E-state index is 13.4. The van der Waals surface area contributed by atoms with Crippen LogP contribution in [0.1, 0.15) is 41.6 Å². The average Bonchev–Trinajstić information content (AvgIpc) is 3.22. The molecular formula is C44H47ClN6O5S2. The smallest absolute Gasteiger partial charge is 0.293 e. The Bertz CT molecular complexity index is 2290. The minimum absolute atomic E-state index is 0.131. The molecule has 11 nitrogen and oxygen atoms in total. The maximum absolute atomic E-state index is 13.4. The zero-order chi connectivity index (χ0) is 40.5. The normalized spacial score (nSPS) is 15.4. The predicted octanol–water partition coefficient (Wildman–Crippen LogP) is 8.46. The molecule has 0 unspecified atom stereocenters. The molecule has 1 saturated carbocycles. The number of hydrogen-bond donors (Lipinski definition) is 3. The second-order valence-electron chi connectivity index (χ2n) is 14.7. The van der Waals surface area contributed by atoms with Crippen LogP contribution in [0.15, 0.2) is 131 Å². The van der Waals surface area contributed by atoms with E-state index in [-0.39, 0.29) is 27.9 Å². The first-order chi connectivity index (χ1) is 28.1. The van der Waals surface area contributed by atoms with Crippen LogP contribution in [0.4, 0.5) is 17.1 Å². The highest BCUT2D eigenvalue weighted by molar-refractivity contribution is 7.99. The fourth-order valence-corrected chi connectivity index (χ4v) is 9.31. The van der Waals surface area contributed by atoms with Crippen LogP contribution < -0.4 is 20.3 Å². The lowest BCUT2D eigenvalue weighted by Crippen LogP contribution is -2.46. The number of anilines is 2. The number of benzene rings is 5. The van der Waals surface area contributed by atoms with Gasteiger partial charge in [-0.15, -0.1) is 11.8 Å². The molecular weight excluding hydrogens is 792 g/mol. The molecule has 1 saturated heterocycles. The molecule has 14 heteroatoms. The summed E-state index contributed by atoms with van der Waals surface area (Å²) < 4.78 is 28.9. The lowest BCUT2D eigenvalue weighted by atomic mass is 9.93. The van der Waals surface area contributed by atoms with Crippen LogP contribution in [0.5, 0.6) is 0 Å². The highest BCUT2D eigenvalue weighted by Crippen LogP contribution is 2.31. The van der Waals surface area contributed by atoms with Gasteiger partial charge in [-0.2, -0.15) is 0 Å². The van der Waals surface area contributed by atoms with Crippen molar-refractivity contribution in [2.75, 3.05) is 48.7 Å². The Balaban J connectivity index is 0.951. The number of nitrogens with zero attached hydrogens (tertiary/aromatic N) is 3. The minimum atomic E-state index is -4.43. The maximum Gasteiger partial charge on any atom is 0.293 e. The molecule has 3 N–H and O–H groups in total. The number of piperazine rings is 1. The molecule has 1 amide bonds. The Morgan fingerprint density at radius 1 is 0.879 bits per heavy atom. The van der Waals surface area contributed by atoms with E-state index in [2.05, 4.69) is 43.4 Å². The van der Waals surface area contributed by atoms with Crippen LogP contribution in [0.2, 0.25) is 5.02 Å². The van der Waals surface area contributed by atoms with Gasteiger partial charge >= 0.3 is 0 Å². The molecule has 2 fully saturated rings. The Morgan fingerprint density at radius 2 is 1.59 bits per heavy atom. The summed E-state index contributed by atoms with van der Waals surface area (Å²) in [6.45, 7) is 4.84. The number of halogens is 1. The van der Waals surface area contributed by atoms with Crippen molar-refractivity contribution >= 4 is 56.4 Å². The lowest BCUT2D eigenvalue weighted by molar-refractivity contribution is -0.384. The van der Waals surface area contributed by atoms with Crippen molar-refractivity contribution in [1.82, 2.24) is 14.9 Å². The molecule has 2 aliphatic rings. The van der Waals surface area contributed by atoms with E-state index >= 15 is 0 Å². The van der Waals surface area contributed by atoms with Gasteiger partial charge in [0, 0.05) is 77.8 Å². The zero-order valence-electron chi connectivity index (χ0n) is 32.1. The summed E-state index contributed by atoms with van der Waals surface area (Å²) in [5, 5.41) is 19.8. The van der Waals surface area contributed by atoms with Crippen LogP contribution in [-0.2, 0) is 16.6 Å². The third-order valence-corrected chi connectivity index (χ3v) is 13.5. The number of thioether (sulfide) groups is 1. The molecule has 0 spiro atoms. The third-order valence-electron chi connectivity index (χ3n) is 10.7. The Kier molecular flexibility index (Phi) is 13.7. The van der Waals surface area contributed by atoms with Crippen molar-refractivity contribution in [3.63, 3.8) is 0 Å². The molecule has 0 bridgehead atoms. The SMILES string of the molecule is O=C(NS(=O)(=O)c1ccc(N[C@H](CCNC2CCC2)CSc2ccccc2)c([N+](=O)[O-])c1)c1ccc(N2CCN(Cc3ccccc3-c3ccc(Cl)cc3)CC2)cc1. The summed E-state index contributed by atoms with van der Waals surface area (Å²) >= 11 is 7.77. The predicted molar refractivity (Wildman–Crippen MR) is 233 cm³/mol. The second kappa shape index (κ2) is 19.2. The topological polar surface area (TPSA) is 137 Å². The number of amides is 1.